The van der Waals surface area contributed by atoms with Crippen LogP contribution in [0.25, 0.3) is 11.1 Å². The maximum absolute atomic E-state index is 12.6. The van der Waals surface area contributed by atoms with E-state index >= 15 is 0 Å². The van der Waals surface area contributed by atoms with Crippen molar-refractivity contribution in [2.45, 2.75) is 44.3 Å². The van der Waals surface area contributed by atoms with Crippen molar-refractivity contribution in [3.8, 4) is 0 Å². The molecule has 0 fully saturated rings. The molecule has 0 saturated heterocycles. The smallest absolute Gasteiger partial charge is 0.341 e. The van der Waals surface area contributed by atoms with Crippen molar-refractivity contribution in [3.63, 3.8) is 0 Å². The summed E-state index contributed by atoms with van der Waals surface area (Å²) in [6.45, 7) is 2.10. The van der Waals surface area contributed by atoms with Crippen LogP contribution in [0.15, 0.2) is 33.9 Å². The summed E-state index contributed by atoms with van der Waals surface area (Å²) in [6, 6.07) is 7.49. The molecule has 0 bridgehead atoms. The monoisotopic (exact) mass is 430 g/mol. The highest BCUT2D eigenvalue weighted by Crippen LogP contribution is 2.38. The Morgan fingerprint density at radius 1 is 1.24 bits per heavy atom. The Labute approximate surface area is 177 Å². The van der Waals surface area contributed by atoms with Gasteiger partial charge in [-0.3, -0.25) is 4.79 Å². The van der Waals surface area contributed by atoms with Gasteiger partial charge in [-0.15, -0.1) is 11.3 Å². The van der Waals surface area contributed by atoms with E-state index in [1.54, 1.807) is 6.92 Å². The first kappa shape index (κ1) is 20.0. The third-order valence-corrected chi connectivity index (χ3v) is 6.79. The summed E-state index contributed by atoms with van der Waals surface area (Å²) in [5, 5.41) is 3.97. The van der Waals surface area contributed by atoms with Crippen LogP contribution in [0, 0.1) is 0 Å². The molecule has 0 aliphatic heterocycles. The first-order chi connectivity index (χ1) is 14.2. The number of esters is 1. The number of hydrogen-bond donors (Lipinski definition) is 1. The van der Waals surface area contributed by atoms with Crippen LogP contribution in [0.4, 0.5) is 5.00 Å². The number of amides is 1. The molecule has 4 rings (SSSR count). The molecule has 8 heteroatoms. The number of anilines is 1. The van der Waals surface area contributed by atoms with Crippen LogP contribution < -0.4 is 5.32 Å². The van der Waals surface area contributed by atoms with Crippen molar-refractivity contribution in [2.24, 2.45) is 0 Å². The fraction of sp³-hybridized carbons (Fsp3) is 0.381. The molecule has 1 N–H and O–H groups in total. The molecule has 29 heavy (non-hydrogen) atoms. The second-order valence-electron chi connectivity index (χ2n) is 6.77. The first-order valence-electron chi connectivity index (χ1n) is 9.75. The molecule has 0 radical (unpaired) electrons. The number of nitrogens with zero attached hydrogens (tertiary/aromatic N) is 1. The summed E-state index contributed by atoms with van der Waals surface area (Å²) in [6.07, 6.45) is 5.12. The van der Waals surface area contributed by atoms with Crippen molar-refractivity contribution in [3.05, 3.63) is 40.3 Å². The van der Waals surface area contributed by atoms with Crippen molar-refractivity contribution in [1.82, 2.24) is 4.98 Å². The van der Waals surface area contributed by atoms with Crippen molar-refractivity contribution in [1.29, 1.82) is 0 Å². The minimum Gasteiger partial charge on any atom is -0.462 e. The molecule has 152 valence electrons. The molecule has 1 aromatic carbocycles. The van der Waals surface area contributed by atoms with Gasteiger partial charge in [0.25, 0.3) is 5.22 Å². The zero-order valence-corrected chi connectivity index (χ0v) is 17.8. The second-order valence-corrected chi connectivity index (χ2v) is 8.81. The summed E-state index contributed by atoms with van der Waals surface area (Å²) in [5.74, 6) is -0.398. The molecule has 1 amide bonds. The van der Waals surface area contributed by atoms with Crippen LogP contribution in [0.2, 0.25) is 0 Å². The second kappa shape index (κ2) is 9.00. The molecule has 0 spiro atoms. The highest BCUT2D eigenvalue weighted by Gasteiger charge is 2.26. The maximum atomic E-state index is 12.6. The lowest BCUT2D eigenvalue weighted by atomic mass is 10.1. The van der Waals surface area contributed by atoms with E-state index in [4.69, 9.17) is 9.15 Å². The van der Waals surface area contributed by atoms with Crippen LogP contribution in [0.1, 0.15) is 47.0 Å². The number of aromatic nitrogens is 1. The van der Waals surface area contributed by atoms with E-state index in [9.17, 15) is 9.59 Å². The fourth-order valence-electron chi connectivity index (χ4n) is 3.45. The Bertz CT molecular complexity index is 1010. The molecule has 0 saturated carbocycles. The Morgan fingerprint density at radius 3 is 2.90 bits per heavy atom. The van der Waals surface area contributed by atoms with Crippen LogP contribution in [-0.4, -0.2) is 29.2 Å². The Balaban J connectivity index is 1.48. The topological polar surface area (TPSA) is 81.4 Å². The first-order valence-corrected chi connectivity index (χ1v) is 11.6. The molecule has 2 heterocycles. The number of para-hydroxylation sites is 2. The quantitative estimate of drug-likeness (QED) is 0.334. The number of fused-ring (bicyclic) bond motifs is 2. The van der Waals surface area contributed by atoms with Crippen LogP contribution >= 0.6 is 23.1 Å². The zero-order chi connectivity index (χ0) is 20.2. The Kier molecular flexibility index (Phi) is 6.20. The van der Waals surface area contributed by atoms with Gasteiger partial charge in [0, 0.05) is 4.88 Å². The summed E-state index contributed by atoms with van der Waals surface area (Å²) in [5.41, 5.74) is 3.05. The SMILES string of the molecule is CCOC(=O)c1c(NC(=O)CSc2nc3ccccc3o2)sc2c1CCCCC2. The Hall–Kier alpha value is -2.32. The number of thioether (sulfide) groups is 1. The Morgan fingerprint density at radius 2 is 2.07 bits per heavy atom. The molecule has 2 aromatic heterocycles. The van der Waals surface area contributed by atoms with E-state index in [-0.39, 0.29) is 17.6 Å². The van der Waals surface area contributed by atoms with Gasteiger partial charge in [0.15, 0.2) is 5.58 Å². The molecule has 3 aromatic rings. The number of carbonyl (C=O) groups is 2. The van der Waals surface area contributed by atoms with Gasteiger partial charge in [-0.05, 0) is 50.3 Å². The summed E-state index contributed by atoms with van der Waals surface area (Å²) in [4.78, 5) is 30.7. The third-order valence-electron chi connectivity index (χ3n) is 4.75. The number of nitrogens with one attached hydrogen (secondary N) is 1. The van der Waals surface area contributed by atoms with Crippen molar-refractivity contribution < 1.29 is 18.7 Å². The normalized spacial score (nSPS) is 13.7. The molecular weight excluding hydrogens is 408 g/mol. The van der Waals surface area contributed by atoms with Gasteiger partial charge in [0.1, 0.15) is 10.5 Å². The number of rotatable bonds is 6. The predicted octanol–water partition coefficient (Wildman–Crippen LogP) is 5.07. The van der Waals surface area contributed by atoms with Crippen LogP contribution in [0.5, 0.6) is 0 Å². The lowest BCUT2D eigenvalue weighted by Gasteiger charge is -2.08. The number of thiophene rings is 1. The van der Waals surface area contributed by atoms with E-state index in [0.29, 0.717) is 28.0 Å². The van der Waals surface area contributed by atoms with Gasteiger partial charge in [0.2, 0.25) is 5.91 Å². The van der Waals surface area contributed by atoms with Crippen molar-refractivity contribution >= 4 is 51.1 Å². The van der Waals surface area contributed by atoms with Gasteiger partial charge < -0.3 is 14.5 Å². The average Bonchev–Trinajstić information content (AvgIpc) is 3.20. The summed E-state index contributed by atoms with van der Waals surface area (Å²) < 4.78 is 10.9. The van der Waals surface area contributed by atoms with Crippen molar-refractivity contribution in [2.75, 3.05) is 17.7 Å². The predicted molar refractivity (Wildman–Crippen MR) is 115 cm³/mol. The number of ether oxygens (including phenoxy) is 1. The molecule has 0 unspecified atom stereocenters. The van der Waals surface area contributed by atoms with Crippen LogP contribution in [0.3, 0.4) is 0 Å². The molecular formula is C21H22N2O4S2. The van der Waals surface area contributed by atoms with Gasteiger partial charge in [-0.2, -0.15) is 0 Å². The minimum absolute atomic E-state index is 0.150. The summed E-state index contributed by atoms with van der Waals surface area (Å²) >= 11 is 2.74. The van der Waals surface area contributed by atoms with E-state index in [1.165, 1.54) is 28.0 Å². The fourth-order valence-corrected chi connectivity index (χ4v) is 5.38. The van der Waals surface area contributed by atoms with Gasteiger partial charge in [-0.1, -0.05) is 30.3 Å². The lowest BCUT2D eigenvalue weighted by molar-refractivity contribution is -0.113. The molecule has 1 aliphatic carbocycles. The van der Waals surface area contributed by atoms with Gasteiger partial charge in [-0.25, -0.2) is 9.78 Å². The van der Waals surface area contributed by atoms with E-state index in [2.05, 4.69) is 10.3 Å². The number of oxazole rings is 1. The summed E-state index contributed by atoms with van der Waals surface area (Å²) in [7, 11) is 0. The number of hydrogen-bond acceptors (Lipinski definition) is 7. The van der Waals surface area contributed by atoms with E-state index in [0.717, 1.165) is 43.2 Å². The standard InChI is InChI=1S/C21H22N2O4S2/c1-2-26-20(25)18-13-8-4-3-5-11-16(13)29-19(18)23-17(24)12-28-21-22-14-9-6-7-10-15(14)27-21/h6-7,9-10H,2-5,8,11-12H2,1H3,(H,23,24). The molecule has 0 atom stereocenters. The highest BCUT2D eigenvalue weighted by atomic mass is 32.2. The van der Waals surface area contributed by atoms with Gasteiger partial charge >= 0.3 is 5.97 Å². The number of benzene rings is 1. The van der Waals surface area contributed by atoms with E-state index in [1.807, 2.05) is 24.3 Å². The highest BCUT2D eigenvalue weighted by molar-refractivity contribution is 7.99. The molecule has 1 aliphatic rings. The zero-order valence-electron chi connectivity index (χ0n) is 16.2. The number of aryl methyl sites for hydroxylation is 1. The lowest BCUT2D eigenvalue weighted by Crippen LogP contribution is -2.16. The maximum Gasteiger partial charge on any atom is 0.341 e. The third kappa shape index (κ3) is 4.48. The average molecular weight is 431 g/mol. The van der Waals surface area contributed by atoms with Crippen LogP contribution in [-0.2, 0) is 22.4 Å². The number of carbonyl (C=O) groups excluding carboxylic acids is 2. The van der Waals surface area contributed by atoms with Gasteiger partial charge in [0.05, 0.1) is 17.9 Å². The minimum atomic E-state index is -0.353. The van der Waals surface area contributed by atoms with E-state index < -0.39 is 0 Å². The largest absolute Gasteiger partial charge is 0.462 e. The molecule has 6 nitrogen and oxygen atoms in total.